The maximum Gasteiger partial charge on any atom is 0.318 e. The second-order valence-electron chi connectivity index (χ2n) is 8.81. The number of rotatable bonds is 3. The number of nitrogens with one attached hydrogen (secondary N) is 1. The molecule has 3 unspecified atom stereocenters. The van der Waals surface area contributed by atoms with Crippen molar-refractivity contribution in [2.75, 3.05) is 19.0 Å². The maximum absolute atomic E-state index is 13.4. The summed E-state index contributed by atoms with van der Waals surface area (Å²) in [5.74, 6) is 0.415. The van der Waals surface area contributed by atoms with Crippen LogP contribution in [0.25, 0.3) is 0 Å². The highest BCUT2D eigenvalue weighted by atomic mass is 35.5. The monoisotopic (exact) mass is 437 g/mol. The minimum Gasteiger partial charge on any atom is -0.335 e. The Morgan fingerprint density at radius 2 is 1.87 bits per heavy atom. The minimum atomic E-state index is -0.248. The molecule has 3 aliphatic heterocycles. The number of benzene rings is 2. The Labute approximate surface area is 188 Å². The Balaban J connectivity index is 1.39. The van der Waals surface area contributed by atoms with E-state index < -0.39 is 0 Å². The topological polar surface area (TPSA) is 52.7 Å². The van der Waals surface area contributed by atoms with Gasteiger partial charge in [-0.05, 0) is 42.4 Å². The van der Waals surface area contributed by atoms with Crippen LogP contribution in [0.5, 0.6) is 0 Å². The number of alkyl halides is 1. The molecule has 2 fully saturated rings. The molecule has 6 heteroatoms. The van der Waals surface area contributed by atoms with E-state index in [0.717, 1.165) is 37.8 Å². The summed E-state index contributed by atoms with van der Waals surface area (Å²) in [5, 5.41) is 3.12. The van der Waals surface area contributed by atoms with Crippen molar-refractivity contribution in [2.24, 2.45) is 5.92 Å². The standard InChI is InChI=1S/C25H28ClN3O2/c26-16-21(18-8-2-1-3-9-18)27-25(31)29-13-6-11-20-23(29)15-22-19-10-5-4-7-17(19)12-14-28(22)24(20)30/h1-5,7-10,20-23H,6,11-16H2,(H,27,31)/t20?,21-,22?,23?/m0/s1. The summed E-state index contributed by atoms with van der Waals surface area (Å²) in [6.45, 7) is 1.46. The van der Waals surface area contributed by atoms with Gasteiger partial charge in [-0.15, -0.1) is 11.6 Å². The predicted molar refractivity (Wildman–Crippen MR) is 121 cm³/mol. The molecule has 5 rings (SSSR count). The lowest BCUT2D eigenvalue weighted by Gasteiger charge is -2.51. The third-order valence-electron chi connectivity index (χ3n) is 7.17. The van der Waals surface area contributed by atoms with Gasteiger partial charge in [-0.1, -0.05) is 54.6 Å². The average Bonchev–Trinajstić information content (AvgIpc) is 2.82. The van der Waals surface area contributed by atoms with E-state index in [4.69, 9.17) is 11.6 Å². The minimum absolute atomic E-state index is 0.0602. The maximum atomic E-state index is 13.4. The lowest BCUT2D eigenvalue weighted by molar-refractivity contribution is -0.148. The summed E-state index contributed by atoms with van der Waals surface area (Å²) in [6, 6.07) is 17.9. The van der Waals surface area contributed by atoms with Crippen molar-refractivity contribution in [3.63, 3.8) is 0 Å². The average molecular weight is 438 g/mol. The first kappa shape index (κ1) is 20.4. The van der Waals surface area contributed by atoms with Crippen LogP contribution in [-0.4, -0.2) is 46.7 Å². The zero-order valence-corrected chi connectivity index (χ0v) is 18.3. The number of fused-ring (bicyclic) bond motifs is 4. The lowest BCUT2D eigenvalue weighted by Crippen LogP contribution is -2.61. The Morgan fingerprint density at radius 3 is 2.68 bits per heavy atom. The molecule has 4 atom stereocenters. The van der Waals surface area contributed by atoms with Gasteiger partial charge in [0.1, 0.15) is 0 Å². The van der Waals surface area contributed by atoms with Crippen molar-refractivity contribution in [2.45, 2.75) is 43.8 Å². The zero-order valence-electron chi connectivity index (χ0n) is 17.5. The first-order valence-electron chi connectivity index (χ1n) is 11.2. The fourth-order valence-electron chi connectivity index (χ4n) is 5.63. The van der Waals surface area contributed by atoms with E-state index in [1.807, 2.05) is 35.2 Å². The molecule has 31 heavy (non-hydrogen) atoms. The Kier molecular flexibility index (Phi) is 5.61. The second-order valence-corrected chi connectivity index (χ2v) is 9.12. The van der Waals surface area contributed by atoms with Gasteiger partial charge in [0.05, 0.1) is 18.0 Å². The van der Waals surface area contributed by atoms with E-state index in [-0.39, 0.29) is 36.0 Å². The van der Waals surface area contributed by atoms with Gasteiger partial charge >= 0.3 is 6.03 Å². The number of halogens is 1. The number of piperidine rings is 2. The van der Waals surface area contributed by atoms with Crippen molar-refractivity contribution in [1.29, 1.82) is 0 Å². The molecule has 1 N–H and O–H groups in total. The van der Waals surface area contributed by atoms with Crippen molar-refractivity contribution in [3.05, 3.63) is 71.3 Å². The van der Waals surface area contributed by atoms with Gasteiger partial charge in [-0.25, -0.2) is 4.79 Å². The van der Waals surface area contributed by atoms with Crippen LogP contribution in [0, 0.1) is 5.92 Å². The summed E-state index contributed by atoms with van der Waals surface area (Å²) in [4.78, 5) is 30.7. The van der Waals surface area contributed by atoms with Gasteiger partial charge < -0.3 is 15.1 Å². The van der Waals surface area contributed by atoms with Crippen molar-refractivity contribution in [1.82, 2.24) is 15.1 Å². The van der Waals surface area contributed by atoms with Crippen molar-refractivity contribution < 1.29 is 9.59 Å². The van der Waals surface area contributed by atoms with E-state index in [2.05, 4.69) is 34.5 Å². The van der Waals surface area contributed by atoms with Crippen LogP contribution >= 0.6 is 11.6 Å². The lowest BCUT2D eigenvalue weighted by atomic mass is 9.76. The van der Waals surface area contributed by atoms with E-state index >= 15 is 0 Å². The number of amides is 3. The molecule has 0 bridgehead atoms. The van der Waals surface area contributed by atoms with E-state index in [1.165, 1.54) is 11.1 Å². The molecule has 2 aromatic rings. The van der Waals surface area contributed by atoms with Crippen LogP contribution in [-0.2, 0) is 11.2 Å². The number of carbonyl (C=O) groups excluding carboxylic acids is 2. The van der Waals surface area contributed by atoms with Crippen LogP contribution in [0.3, 0.4) is 0 Å². The number of nitrogens with zero attached hydrogens (tertiary/aromatic N) is 2. The van der Waals surface area contributed by atoms with Crippen LogP contribution in [0.2, 0.25) is 0 Å². The quantitative estimate of drug-likeness (QED) is 0.728. The molecule has 3 heterocycles. The van der Waals surface area contributed by atoms with Gasteiger partial charge in [0.15, 0.2) is 0 Å². The normalized spacial score (nSPS) is 25.8. The molecule has 0 saturated carbocycles. The summed E-state index contributed by atoms with van der Waals surface area (Å²) >= 11 is 6.20. The molecular formula is C25H28ClN3O2. The SMILES string of the molecule is O=C1C2CCCN(C(=O)N[C@@H](CCl)c3ccccc3)C2CC2c3ccccc3CCN12. The largest absolute Gasteiger partial charge is 0.335 e. The van der Waals surface area contributed by atoms with Gasteiger partial charge in [0.25, 0.3) is 0 Å². The Morgan fingerprint density at radius 1 is 1.10 bits per heavy atom. The van der Waals surface area contributed by atoms with E-state index in [1.54, 1.807) is 0 Å². The molecule has 0 aromatic heterocycles. The van der Waals surface area contributed by atoms with Crippen molar-refractivity contribution in [3.8, 4) is 0 Å². The molecule has 0 radical (unpaired) electrons. The molecule has 0 spiro atoms. The first-order chi connectivity index (χ1) is 15.2. The zero-order chi connectivity index (χ0) is 21.4. The number of hydrogen-bond donors (Lipinski definition) is 1. The van der Waals surface area contributed by atoms with Gasteiger partial charge in [-0.2, -0.15) is 0 Å². The van der Waals surface area contributed by atoms with Crippen LogP contribution in [0.15, 0.2) is 54.6 Å². The van der Waals surface area contributed by atoms with E-state index in [9.17, 15) is 9.59 Å². The second kappa shape index (κ2) is 8.54. The van der Waals surface area contributed by atoms with Crippen LogP contribution in [0.4, 0.5) is 4.79 Å². The predicted octanol–water partition coefficient (Wildman–Crippen LogP) is 4.29. The summed E-state index contributed by atoms with van der Waals surface area (Å²) in [5.41, 5.74) is 3.56. The van der Waals surface area contributed by atoms with Crippen LogP contribution in [0.1, 0.15) is 48.0 Å². The molecule has 2 saturated heterocycles. The highest BCUT2D eigenvalue weighted by Crippen LogP contribution is 2.43. The molecule has 5 nitrogen and oxygen atoms in total. The first-order valence-corrected chi connectivity index (χ1v) is 11.8. The number of urea groups is 1. The van der Waals surface area contributed by atoms with E-state index in [0.29, 0.717) is 12.4 Å². The van der Waals surface area contributed by atoms with Crippen LogP contribution < -0.4 is 5.32 Å². The van der Waals surface area contributed by atoms with Gasteiger partial charge in [0.2, 0.25) is 5.91 Å². The number of carbonyl (C=O) groups is 2. The fraction of sp³-hybridized carbons (Fsp3) is 0.440. The third-order valence-corrected chi connectivity index (χ3v) is 7.48. The Bertz CT molecular complexity index is 966. The highest BCUT2D eigenvalue weighted by molar-refractivity contribution is 6.18. The molecule has 3 aliphatic rings. The Hall–Kier alpha value is -2.53. The fourth-order valence-corrected chi connectivity index (χ4v) is 5.88. The molecule has 162 valence electrons. The van der Waals surface area contributed by atoms with Crippen molar-refractivity contribution >= 4 is 23.5 Å². The molecule has 3 amide bonds. The van der Waals surface area contributed by atoms with Gasteiger partial charge in [-0.3, -0.25) is 4.79 Å². The molecule has 0 aliphatic carbocycles. The molecular weight excluding hydrogens is 410 g/mol. The van der Waals surface area contributed by atoms with Gasteiger partial charge in [0, 0.05) is 25.0 Å². The third kappa shape index (κ3) is 3.69. The summed E-state index contributed by atoms with van der Waals surface area (Å²) < 4.78 is 0. The molecule has 2 aromatic carbocycles. The summed E-state index contributed by atoms with van der Waals surface area (Å²) in [6.07, 6.45) is 3.42. The smallest absolute Gasteiger partial charge is 0.318 e. The summed E-state index contributed by atoms with van der Waals surface area (Å²) in [7, 11) is 0. The highest BCUT2D eigenvalue weighted by Gasteiger charge is 2.48. The number of likely N-dealkylation sites (tertiary alicyclic amines) is 1. The number of hydrogen-bond acceptors (Lipinski definition) is 2.